The van der Waals surface area contributed by atoms with Crippen LogP contribution >= 0.6 is 0 Å². The lowest BCUT2D eigenvalue weighted by Crippen LogP contribution is -2.46. The lowest BCUT2D eigenvalue weighted by molar-refractivity contribution is 0.274. The van der Waals surface area contributed by atoms with E-state index in [0.29, 0.717) is 30.9 Å². The summed E-state index contributed by atoms with van der Waals surface area (Å²) in [5, 5.41) is 12.9. The molecular formula is C16H26N2O3S. The van der Waals surface area contributed by atoms with Crippen molar-refractivity contribution < 1.29 is 13.5 Å². The minimum absolute atomic E-state index is 0.299. The van der Waals surface area contributed by atoms with Gasteiger partial charge in [-0.25, -0.2) is 12.7 Å². The molecule has 0 amide bonds. The van der Waals surface area contributed by atoms with Crippen molar-refractivity contribution in [2.75, 3.05) is 19.3 Å². The second-order valence-corrected chi connectivity index (χ2v) is 8.19. The third-order valence-corrected chi connectivity index (χ3v) is 5.55. The predicted octanol–water partition coefficient (Wildman–Crippen LogP) is 1.73. The molecule has 1 aromatic rings. The summed E-state index contributed by atoms with van der Waals surface area (Å²) in [4.78, 5) is 0. The molecule has 6 heteroatoms. The van der Waals surface area contributed by atoms with Gasteiger partial charge in [0.15, 0.2) is 0 Å². The second-order valence-electron chi connectivity index (χ2n) is 6.21. The van der Waals surface area contributed by atoms with E-state index < -0.39 is 10.0 Å². The van der Waals surface area contributed by atoms with Crippen LogP contribution in [-0.2, 0) is 16.4 Å². The van der Waals surface area contributed by atoms with E-state index in [2.05, 4.69) is 12.2 Å². The molecular weight excluding hydrogens is 300 g/mol. The second kappa shape index (κ2) is 7.44. The first kappa shape index (κ1) is 17.2. The SMILES string of the molecule is C[C@H](CCc1ccc(O)cc1)NC1CCN(S(C)(=O)=O)CC1. The average Bonchev–Trinajstić information content (AvgIpc) is 2.46. The summed E-state index contributed by atoms with van der Waals surface area (Å²) < 4.78 is 24.5. The van der Waals surface area contributed by atoms with Gasteiger partial charge in [-0.05, 0) is 50.3 Å². The Morgan fingerprint density at radius 1 is 1.27 bits per heavy atom. The molecule has 2 N–H and O–H groups in total. The van der Waals surface area contributed by atoms with Gasteiger partial charge in [-0.3, -0.25) is 0 Å². The molecule has 1 atom stereocenters. The van der Waals surface area contributed by atoms with Crippen molar-refractivity contribution in [2.24, 2.45) is 0 Å². The van der Waals surface area contributed by atoms with Crippen LogP contribution in [0.3, 0.4) is 0 Å². The third kappa shape index (κ3) is 5.26. The standard InChI is InChI=1S/C16H26N2O3S/c1-13(3-4-14-5-7-16(19)8-6-14)17-15-9-11-18(12-10-15)22(2,20)21/h5-8,13,15,17,19H,3-4,9-12H2,1-2H3/t13-/m1/s1. The van der Waals surface area contributed by atoms with E-state index in [1.54, 1.807) is 16.4 Å². The lowest BCUT2D eigenvalue weighted by atomic mass is 10.0. The van der Waals surface area contributed by atoms with Crippen LogP contribution in [0.15, 0.2) is 24.3 Å². The summed E-state index contributed by atoms with van der Waals surface area (Å²) in [6.07, 6.45) is 5.02. The van der Waals surface area contributed by atoms with Crippen LogP contribution in [0.4, 0.5) is 0 Å². The Hall–Kier alpha value is -1.11. The summed E-state index contributed by atoms with van der Waals surface area (Å²) >= 11 is 0. The zero-order valence-corrected chi connectivity index (χ0v) is 14.1. The number of phenols is 1. The summed E-state index contributed by atoms with van der Waals surface area (Å²) in [6, 6.07) is 8.12. The van der Waals surface area contributed by atoms with E-state index in [-0.39, 0.29) is 0 Å². The third-order valence-electron chi connectivity index (χ3n) is 4.25. The van der Waals surface area contributed by atoms with Crippen molar-refractivity contribution in [1.82, 2.24) is 9.62 Å². The topological polar surface area (TPSA) is 69.6 Å². The molecule has 0 aliphatic carbocycles. The average molecular weight is 326 g/mol. The van der Waals surface area contributed by atoms with Gasteiger partial charge in [0.05, 0.1) is 6.26 Å². The molecule has 1 fully saturated rings. The van der Waals surface area contributed by atoms with Gasteiger partial charge in [0.1, 0.15) is 5.75 Å². The number of nitrogens with zero attached hydrogens (tertiary/aromatic N) is 1. The number of benzene rings is 1. The van der Waals surface area contributed by atoms with Crippen LogP contribution in [0.25, 0.3) is 0 Å². The van der Waals surface area contributed by atoms with Crippen LogP contribution in [0, 0.1) is 0 Å². The Morgan fingerprint density at radius 3 is 2.41 bits per heavy atom. The molecule has 0 spiro atoms. The van der Waals surface area contributed by atoms with E-state index in [1.807, 2.05) is 12.1 Å². The molecule has 0 bridgehead atoms. The maximum atomic E-state index is 11.5. The molecule has 0 saturated carbocycles. The number of rotatable bonds is 6. The maximum Gasteiger partial charge on any atom is 0.211 e. The number of phenolic OH excluding ortho intramolecular Hbond substituents is 1. The molecule has 124 valence electrons. The summed E-state index contributed by atoms with van der Waals surface area (Å²) in [6.45, 7) is 3.39. The first-order chi connectivity index (χ1) is 10.3. The lowest BCUT2D eigenvalue weighted by Gasteiger charge is -2.32. The minimum Gasteiger partial charge on any atom is -0.508 e. The van der Waals surface area contributed by atoms with Crippen molar-refractivity contribution in [1.29, 1.82) is 0 Å². The largest absolute Gasteiger partial charge is 0.508 e. The number of aromatic hydroxyl groups is 1. The summed E-state index contributed by atoms with van der Waals surface area (Å²) in [5.74, 6) is 0.299. The van der Waals surface area contributed by atoms with Gasteiger partial charge in [0, 0.05) is 25.2 Å². The Kier molecular flexibility index (Phi) is 5.83. The van der Waals surface area contributed by atoms with Crippen LogP contribution in [0.2, 0.25) is 0 Å². The van der Waals surface area contributed by atoms with Crippen LogP contribution in [-0.4, -0.2) is 49.3 Å². The molecule has 22 heavy (non-hydrogen) atoms. The van der Waals surface area contributed by atoms with Gasteiger partial charge in [-0.2, -0.15) is 0 Å². The normalized spacial score (nSPS) is 19.2. The Labute approximate surface area is 133 Å². The van der Waals surface area contributed by atoms with Gasteiger partial charge in [-0.1, -0.05) is 12.1 Å². The summed E-state index contributed by atoms with van der Waals surface area (Å²) in [5.41, 5.74) is 1.22. The van der Waals surface area contributed by atoms with Crippen LogP contribution in [0.5, 0.6) is 5.75 Å². The highest BCUT2D eigenvalue weighted by molar-refractivity contribution is 7.88. The fraction of sp³-hybridized carbons (Fsp3) is 0.625. The minimum atomic E-state index is -3.04. The molecule has 5 nitrogen and oxygen atoms in total. The zero-order valence-electron chi connectivity index (χ0n) is 13.3. The molecule has 1 heterocycles. The quantitative estimate of drug-likeness (QED) is 0.835. The molecule has 0 radical (unpaired) electrons. The number of nitrogens with one attached hydrogen (secondary N) is 1. The molecule has 2 rings (SSSR count). The molecule has 1 aromatic carbocycles. The van der Waals surface area contributed by atoms with E-state index in [0.717, 1.165) is 25.7 Å². The Balaban J connectivity index is 1.72. The Bertz CT molecular complexity index is 564. The van der Waals surface area contributed by atoms with Crippen molar-refractivity contribution in [3.63, 3.8) is 0 Å². The van der Waals surface area contributed by atoms with E-state index in [1.165, 1.54) is 11.8 Å². The molecule has 0 aromatic heterocycles. The van der Waals surface area contributed by atoms with Gasteiger partial charge in [0.2, 0.25) is 10.0 Å². The smallest absolute Gasteiger partial charge is 0.211 e. The maximum absolute atomic E-state index is 11.5. The first-order valence-electron chi connectivity index (χ1n) is 7.83. The molecule has 0 unspecified atom stereocenters. The highest BCUT2D eigenvalue weighted by atomic mass is 32.2. The predicted molar refractivity (Wildman–Crippen MR) is 88.5 cm³/mol. The highest BCUT2D eigenvalue weighted by Gasteiger charge is 2.25. The van der Waals surface area contributed by atoms with Crippen molar-refractivity contribution in [3.8, 4) is 5.75 Å². The van der Waals surface area contributed by atoms with Gasteiger partial charge in [-0.15, -0.1) is 0 Å². The van der Waals surface area contributed by atoms with Crippen LogP contribution < -0.4 is 5.32 Å². The van der Waals surface area contributed by atoms with Crippen molar-refractivity contribution in [3.05, 3.63) is 29.8 Å². The zero-order chi connectivity index (χ0) is 16.2. The fourth-order valence-corrected chi connectivity index (χ4v) is 3.76. The van der Waals surface area contributed by atoms with E-state index in [9.17, 15) is 13.5 Å². The van der Waals surface area contributed by atoms with Gasteiger partial charge in [0.25, 0.3) is 0 Å². The number of hydrogen-bond acceptors (Lipinski definition) is 4. The monoisotopic (exact) mass is 326 g/mol. The van der Waals surface area contributed by atoms with E-state index in [4.69, 9.17) is 0 Å². The fourth-order valence-electron chi connectivity index (χ4n) is 2.89. The van der Waals surface area contributed by atoms with E-state index >= 15 is 0 Å². The summed E-state index contributed by atoms with van der Waals surface area (Å²) in [7, 11) is -3.04. The highest BCUT2D eigenvalue weighted by Crippen LogP contribution is 2.15. The number of hydrogen-bond donors (Lipinski definition) is 2. The molecule has 1 aliphatic rings. The first-order valence-corrected chi connectivity index (χ1v) is 9.68. The number of piperidine rings is 1. The van der Waals surface area contributed by atoms with Crippen molar-refractivity contribution >= 4 is 10.0 Å². The van der Waals surface area contributed by atoms with Gasteiger partial charge >= 0.3 is 0 Å². The van der Waals surface area contributed by atoms with Crippen LogP contribution in [0.1, 0.15) is 31.7 Å². The van der Waals surface area contributed by atoms with Gasteiger partial charge < -0.3 is 10.4 Å². The van der Waals surface area contributed by atoms with Crippen molar-refractivity contribution in [2.45, 2.75) is 44.7 Å². The molecule has 1 aliphatic heterocycles. The molecule has 1 saturated heterocycles. The number of sulfonamides is 1. The Morgan fingerprint density at radius 2 is 1.86 bits per heavy atom. The number of aryl methyl sites for hydroxylation is 1.